The van der Waals surface area contributed by atoms with Gasteiger partial charge in [-0.1, -0.05) is 13.8 Å². The van der Waals surface area contributed by atoms with Gasteiger partial charge in [-0.15, -0.1) is 0 Å². The Balaban J connectivity index is 1.82. The highest BCUT2D eigenvalue weighted by molar-refractivity contribution is 5.00. The first kappa shape index (κ1) is 6.66. The molecule has 1 saturated heterocycles. The summed E-state index contributed by atoms with van der Waals surface area (Å²) in [4.78, 5) is 0. The summed E-state index contributed by atoms with van der Waals surface area (Å²) in [5.74, 6) is 0.728. The molecule has 1 unspecified atom stereocenters. The zero-order valence-corrected chi connectivity index (χ0v) is 6.89. The van der Waals surface area contributed by atoms with Crippen LogP contribution in [0, 0.1) is 5.92 Å². The van der Waals surface area contributed by atoms with Crippen LogP contribution in [0.15, 0.2) is 0 Å². The maximum atomic E-state index is 5.82. The zero-order valence-electron chi connectivity index (χ0n) is 6.89. The third-order valence-electron chi connectivity index (χ3n) is 2.98. The van der Waals surface area contributed by atoms with Crippen molar-refractivity contribution in [3.05, 3.63) is 0 Å². The molecule has 10 heavy (non-hydrogen) atoms. The van der Waals surface area contributed by atoms with E-state index in [9.17, 15) is 0 Å². The summed E-state index contributed by atoms with van der Waals surface area (Å²) in [5, 5.41) is 0. The average molecular weight is 140 g/mol. The SMILES string of the molecule is CC(C)C1CC2(CCC2)O1. The van der Waals surface area contributed by atoms with Crippen molar-refractivity contribution in [2.24, 2.45) is 5.92 Å². The van der Waals surface area contributed by atoms with Crippen LogP contribution in [-0.2, 0) is 4.74 Å². The van der Waals surface area contributed by atoms with Gasteiger partial charge in [0, 0.05) is 6.42 Å². The van der Waals surface area contributed by atoms with Crippen molar-refractivity contribution in [1.82, 2.24) is 0 Å². The predicted octanol–water partition coefficient (Wildman–Crippen LogP) is 2.35. The molecule has 0 aromatic carbocycles. The van der Waals surface area contributed by atoms with Crippen LogP contribution >= 0.6 is 0 Å². The van der Waals surface area contributed by atoms with Gasteiger partial charge in [0.1, 0.15) is 0 Å². The Morgan fingerprint density at radius 3 is 2.30 bits per heavy atom. The fourth-order valence-corrected chi connectivity index (χ4v) is 1.94. The quantitative estimate of drug-likeness (QED) is 0.543. The van der Waals surface area contributed by atoms with Crippen LogP contribution in [0.1, 0.15) is 39.5 Å². The van der Waals surface area contributed by atoms with Crippen molar-refractivity contribution in [2.45, 2.75) is 51.2 Å². The van der Waals surface area contributed by atoms with E-state index in [1.54, 1.807) is 0 Å². The highest BCUT2D eigenvalue weighted by Gasteiger charge is 2.50. The van der Waals surface area contributed by atoms with Crippen LogP contribution in [0.25, 0.3) is 0 Å². The fourth-order valence-electron chi connectivity index (χ4n) is 1.94. The largest absolute Gasteiger partial charge is 0.371 e. The van der Waals surface area contributed by atoms with E-state index in [0.717, 1.165) is 5.92 Å². The molecular formula is C9H16O. The second-order valence-corrected chi connectivity index (χ2v) is 4.14. The van der Waals surface area contributed by atoms with E-state index in [1.165, 1.54) is 25.7 Å². The third kappa shape index (κ3) is 0.800. The molecule has 1 aliphatic heterocycles. The molecule has 1 nitrogen and oxygen atoms in total. The summed E-state index contributed by atoms with van der Waals surface area (Å²) in [6.07, 6.45) is 5.97. The molecule has 2 fully saturated rings. The first-order chi connectivity index (χ1) is 4.72. The van der Waals surface area contributed by atoms with Crippen molar-refractivity contribution in [2.75, 3.05) is 0 Å². The predicted molar refractivity (Wildman–Crippen MR) is 40.9 cm³/mol. The Bertz CT molecular complexity index is 128. The molecule has 0 aromatic heterocycles. The summed E-state index contributed by atoms with van der Waals surface area (Å²) < 4.78 is 5.82. The molecule has 1 heteroatoms. The summed E-state index contributed by atoms with van der Waals surface area (Å²) in [5.41, 5.74) is 0.398. The lowest BCUT2D eigenvalue weighted by atomic mass is 9.70. The zero-order chi connectivity index (χ0) is 7.19. The van der Waals surface area contributed by atoms with Gasteiger partial charge >= 0.3 is 0 Å². The van der Waals surface area contributed by atoms with Crippen molar-refractivity contribution in [3.8, 4) is 0 Å². The second-order valence-electron chi connectivity index (χ2n) is 4.14. The third-order valence-corrected chi connectivity index (χ3v) is 2.98. The van der Waals surface area contributed by atoms with E-state index in [4.69, 9.17) is 4.74 Å². The minimum absolute atomic E-state index is 0.398. The fraction of sp³-hybridized carbons (Fsp3) is 1.00. The number of hydrogen-bond acceptors (Lipinski definition) is 1. The van der Waals surface area contributed by atoms with Crippen LogP contribution in [0.3, 0.4) is 0 Å². The lowest BCUT2D eigenvalue weighted by Crippen LogP contribution is -2.56. The normalized spacial score (nSPS) is 35.7. The van der Waals surface area contributed by atoms with Crippen LogP contribution in [0.4, 0.5) is 0 Å². The van der Waals surface area contributed by atoms with E-state index >= 15 is 0 Å². The van der Waals surface area contributed by atoms with Crippen molar-refractivity contribution in [3.63, 3.8) is 0 Å². The summed E-state index contributed by atoms with van der Waals surface area (Å²) >= 11 is 0. The maximum Gasteiger partial charge on any atom is 0.0711 e. The molecule has 1 aliphatic carbocycles. The van der Waals surface area contributed by atoms with Gasteiger partial charge in [-0.2, -0.15) is 0 Å². The smallest absolute Gasteiger partial charge is 0.0711 e. The highest BCUT2D eigenvalue weighted by Crippen LogP contribution is 2.49. The molecule has 0 bridgehead atoms. The summed E-state index contributed by atoms with van der Waals surface area (Å²) in [6, 6.07) is 0. The van der Waals surface area contributed by atoms with Gasteiger partial charge in [0.15, 0.2) is 0 Å². The topological polar surface area (TPSA) is 9.23 Å². The first-order valence-corrected chi connectivity index (χ1v) is 4.40. The molecule has 1 heterocycles. The van der Waals surface area contributed by atoms with Crippen LogP contribution in [0.2, 0.25) is 0 Å². The number of rotatable bonds is 1. The Morgan fingerprint density at radius 2 is 2.00 bits per heavy atom. The van der Waals surface area contributed by atoms with Gasteiger partial charge in [0.2, 0.25) is 0 Å². The molecule has 2 aliphatic rings. The Morgan fingerprint density at radius 1 is 1.40 bits per heavy atom. The molecule has 0 amide bonds. The molecule has 1 spiro atoms. The number of ether oxygens (including phenoxy) is 1. The molecule has 0 N–H and O–H groups in total. The lowest BCUT2D eigenvalue weighted by Gasteiger charge is -2.55. The lowest BCUT2D eigenvalue weighted by molar-refractivity contribution is -0.255. The van der Waals surface area contributed by atoms with Crippen LogP contribution < -0.4 is 0 Å². The van der Waals surface area contributed by atoms with Crippen LogP contribution in [0.5, 0.6) is 0 Å². The van der Waals surface area contributed by atoms with Gasteiger partial charge in [-0.25, -0.2) is 0 Å². The molecule has 2 rings (SSSR count). The molecule has 0 aromatic rings. The Kier molecular flexibility index (Phi) is 1.31. The Hall–Kier alpha value is -0.0400. The van der Waals surface area contributed by atoms with Gasteiger partial charge in [0.05, 0.1) is 11.7 Å². The van der Waals surface area contributed by atoms with E-state index in [2.05, 4.69) is 13.8 Å². The molecular weight excluding hydrogens is 124 g/mol. The monoisotopic (exact) mass is 140 g/mol. The minimum atomic E-state index is 0.398. The van der Waals surface area contributed by atoms with E-state index < -0.39 is 0 Å². The molecule has 1 atom stereocenters. The van der Waals surface area contributed by atoms with E-state index in [-0.39, 0.29) is 0 Å². The first-order valence-electron chi connectivity index (χ1n) is 4.40. The van der Waals surface area contributed by atoms with Gasteiger partial charge in [-0.05, 0) is 25.2 Å². The number of hydrogen-bond donors (Lipinski definition) is 0. The van der Waals surface area contributed by atoms with Crippen molar-refractivity contribution in [1.29, 1.82) is 0 Å². The maximum absolute atomic E-state index is 5.82. The van der Waals surface area contributed by atoms with Crippen LogP contribution in [-0.4, -0.2) is 11.7 Å². The highest BCUT2D eigenvalue weighted by atomic mass is 16.5. The van der Waals surface area contributed by atoms with Gasteiger partial charge in [-0.3, -0.25) is 0 Å². The molecule has 0 radical (unpaired) electrons. The van der Waals surface area contributed by atoms with Gasteiger partial charge < -0.3 is 4.74 Å². The summed E-state index contributed by atoms with van der Waals surface area (Å²) in [6.45, 7) is 4.49. The molecule has 1 saturated carbocycles. The standard InChI is InChI=1S/C9H16O/c1-7(2)8-6-9(10-8)4-3-5-9/h7-8H,3-6H2,1-2H3. The van der Waals surface area contributed by atoms with Crippen molar-refractivity contribution >= 4 is 0 Å². The Labute approximate surface area is 62.8 Å². The second kappa shape index (κ2) is 1.97. The van der Waals surface area contributed by atoms with E-state index in [0.29, 0.717) is 11.7 Å². The average Bonchev–Trinajstić information content (AvgIpc) is 1.54. The minimum Gasteiger partial charge on any atom is -0.371 e. The summed E-state index contributed by atoms with van der Waals surface area (Å²) in [7, 11) is 0. The molecule has 58 valence electrons. The van der Waals surface area contributed by atoms with Crippen molar-refractivity contribution < 1.29 is 4.74 Å². The van der Waals surface area contributed by atoms with E-state index in [1.807, 2.05) is 0 Å². The van der Waals surface area contributed by atoms with Gasteiger partial charge in [0.25, 0.3) is 0 Å².